The molecule has 0 aliphatic heterocycles. The van der Waals surface area contributed by atoms with E-state index in [0.29, 0.717) is 6.54 Å². The summed E-state index contributed by atoms with van der Waals surface area (Å²) in [5.41, 5.74) is 0.0790. The fourth-order valence-corrected chi connectivity index (χ4v) is 1.41. The van der Waals surface area contributed by atoms with Crippen molar-refractivity contribution in [2.45, 2.75) is 6.92 Å². The van der Waals surface area contributed by atoms with E-state index >= 15 is 0 Å². The first-order chi connectivity index (χ1) is 8.99. The van der Waals surface area contributed by atoms with Crippen LogP contribution in [-0.4, -0.2) is 36.2 Å². The van der Waals surface area contributed by atoms with Gasteiger partial charge in [-0.25, -0.2) is 0 Å². The molecule has 1 unspecified atom stereocenters. The van der Waals surface area contributed by atoms with Crippen molar-refractivity contribution in [2.24, 2.45) is 5.92 Å². The van der Waals surface area contributed by atoms with Crippen LogP contribution in [-0.2, 0) is 0 Å². The van der Waals surface area contributed by atoms with E-state index in [0.717, 1.165) is 0 Å². The predicted octanol–water partition coefficient (Wildman–Crippen LogP) is 0.962. The third-order valence-electron chi connectivity index (χ3n) is 2.56. The van der Waals surface area contributed by atoms with E-state index in [9.17, 15) is 14.9 Å². The van der Waals surface area contributed by atoms with Gasteiger partial charge in [0.15, 0.2) is 0 Å². The highest BCUT2D eigenvalue weighted by molar-refractivity contribution is 5.97. The molecule has 19 heavy (non-hydrogen) atoms. The fraction of sp³-hybridized carbons (Fsp3) is 0.417. The van der Waals surface area contributed by atoms with E-state index in [4.69, 9.17) is 9.84 Å². The van der Waals surface area contributed by atoms with E-state index < -0.39 is 10.8 Å². The minimum absolute atomic E-state index is 0.0301. The van der Waals surface area contributed by atoms with Gasteiger partial charge in [0.05, 0.1) is 23.7 Å². The van der Waals surface area contributed by atoms with Crippen LogP contribution in [0.25, 0.3) is 0 Å². The van der Waals surface area contributed by atoms with Gasteiger partial charge in [0.25, 0.3) is 11.6 Å². The molecule has 7 heteroatoms. The molecular weight excluding hydrogens is 252 g/mol. The number of benzene rings is 1. The Kier molecular flexibility index (Phi) is 5.25. The molecule has 0 saturated carbocycles. The van der Waals surface area contributed by atoms with Crippen LogP contribution >= 0.6 is 0 Å². The first-order valence-electron chi connectivity index (χ1n) is 5.71. The molecule has 1 rings (SSSR count). The molecular formula is C12H16N2O5. The van der Waals surface area contributed by atoms with E-state index in [1.54, 1.807) is 6.92 Å². The van der Waals surface area contributed by atoms with Gasteiger partial charge >= 0.3 is 0 Å². The minimum atomic E-state index is -0.558. The number of rotatable bonds is 6. The summed E-state index contributed by atoms with van der Waals surface area (Å²) >= 11 is 0. The summed E-state index contributed by atoms with van der Waals surface area (Å²) in [4.78, 5) is 22.0. The molecule has 0 aliphatic rings. The zero-order valence-electron chi connectivity index (χ0n) is 10.8. The number of aliphatic hydroxyl groups excluding tert-OH is 1. The van der Waals surface area contributed by atoms with Gasteiger partial charge in [-0.1, -0.05) is 6.92 Å². The minimum Gasteiger partial charge on any atom is -0.496 e. The number of aliphatic hydroxyl groups is 1. The lowest BCUT2D eigenvalue weighted by atomic mass is 10.1. The smallest absolute Gasteiger partial charge is 0.273 e. The summed E-state index contributed by atoms with van der Waals surface area (Å²) in [5.74, 6) is -0.316. The van der Waals surface area contributed by atoms with E-state index in [1.807, 2.05) is 0 Å². The van der Waals surface area contributed by atoms with Crippen LogP contribution in [0.2, 0.25) is 0 Å². The Bertz CT molecular complexity index is 475. The van der Waals surface area contributed by atoms with Crippen molar-refractivity contribution in [1.29, 1.82) is 0 Å². The molecule has 0 spiro atoms. The Hall–Kier alpha value is -2.15. The van der Waals surface area contributed by atoms with Crippen molar-refractivity contribution in [3.05, 3.63) is 33.9 Å². The van der Waals surface area contributed by atoms with E-state index in [-0.39, 0.29) is 29.5 Å². The lowest BCUT2D eigenvalue weighted by Crippen LogP contribution is -2.29. The lowest BCUT2D eigenvalue weighted by Gasteiger charge is -2.11. The van der Waals surface area contributed by atoms with Gasteiger partial charge in [-0.15, -0.1) is 0 Å². The second-order valence-corrected chi connectivity index (χ2v) is 4.14. The third kappa shape index (κ3) is 3.92. The Morgan fingerprint density at radius 1 is 1.58 bits per heavy atom. The number of ether oxygens (including phenoxy) is 1. The van der Waals surface area contributed by atoms with Crippen LogP contribution in [0.3, 0.4) is 0 Å². The number of hydrogen-bond donors (Lipinski definition) is 2. The van der Waals surface area contributed by atoms with Crippen LogP contribution in [0, 0.1) is 16.0 Å². The van der Waals surface area contributed by atoms with E-state index in [1.165, 1.54) is 25.3 Å². The van der Waals surface area contributed by atoms with Crippen molar-refractivity contribution in [1.82, 2.24) is 5.32 Å². The molecule has 1 amide bonds. The molecule has 1 aromatic carbocycles. The average Bonchev–Trinajstić information content (AvgIpc) is 2.43. The Labute approximate surface area is 110 Å². The van der Waals surface area contributed by atoms with Gasteiger partial charge in [-0.3, -0.25) is 14.9 Å². The molecule has 0 bridgehead atoms. The highest BCUT2D eigenvalue weighted by Gasteiger charge is 2.17. The number of amides is 1. The number of hydrogen-bond acceptors (Lipinski definition) is 5. The van der Waals surface area contributed by atoms with Crippen LogP contribution in [0.4, 0.5) is 5.69 Å². The molecule has 0 aromatic heterocycles. The zero-order valence-corrected chi connectivity index (χ0v) is 10.8. The average molecular weight is 268 g/mol. The molecule has 0 aliphatic carbocycles. The number of nitro groups is 1. The monoisotopic (exact) mass is 268 g/mol. The van der Waals surface area contributed by atoms with Gasteiger partial charge in [0.2, 0.25) is 0 Å². The van der Waals surface area contributed by atoms with Crippen LogP contribution in [0.15, 0.2) is 18.2 Å². The number of carbonyl (C=O) groups is 1. The molecule has 0 fully saturated rings. The number of non-ortho nitro benzene ring substituents is 1. The molecule has 0 heterocycles. The van der Waals surface area contributed by atoms with Crippen molar-refractivity contribution in [3.63, 3.8) is 0 Å². The second-order valence-electron chi connectivity index (χ2n) is 4.14. The van der Waals surface area contributed by atoms with Crippen molar-refractivity contribution in [3.8, 4) is 5.75 Å². The van der Waals surface area contributed by atoms with Gasteiger partial charge < -0.3 is 15.2 Å². The van der Waals surface area contributed by atoms with Crippen molar-refractivity contribution in [2.75, 3.05) is 20.3 Å². The second kappa shape index (κ2) is 6.69. The topological polar surface area (TPSA) is 102 Å². The molecule has 0 saturated heterocycles. The zero-order chi connectivity index (χ0) is 14.4. The first-order valence-corrected chi connectivity index (χ1v) is 5.71. The largest absolute Gasteiger partial charge is 0.496 e. The van der Waals surface area contributed by atoms with E-state index in [2.05, 4.69) is 5.32 Å². The van der Waals surface area contributed by atoms with Crippen LogP contribution in [0.5, 0.6) is 5.75 Å². The van der Waals surface area contributed by atoms with Gasteiger partial charge in [-0.2, -0.15) is 0 Å². The maximum absolute atomic E-state index is 11.9. The van der Waals surface area contributed by atoms with Crippen LogP contribution < -0.4 is 10.1 Å². The summed E-state index contributed by atoms with van der Waals surface area (Å²) < 4.78 is 4.98. The summed E-state index contributed by atoms with van der Waals surface area (Å²) in [5, 5.41) is 22.1. The highest BCUT2D eigenvalue weighted by atomic mass is 16.6. The predicted molar refractivity (Wildman–Crippen MR) is 68.2 cm³/mol. The Balaban J connectivity index is 2.87. The van der Waals surface area contributed by atoms with Crippen molar-refractivity contribution >= 4 is 11.6 Å². The third-order valence-corrected chi connectivity index (χ3v) is 2.56. The molecule has 2 N–H and O–H groups in total. The maximum atomic E-state index is 11.9. The Morgan fingerprint density at radius 3 is 2.79 bits per heavy atom. The molecule has 104 valence electrons. The molecule has 0 radical (unpaired) electrons. The van der Waals surface area contributed by atoms with Gasteiger partial charge in [0.1, 0.15) is 5.75 Å². The number of methoxy groups -OCH3 is 1. The molecule has 1 atom stereocenters. The van der Waals surface area contributed by atoms with Crippen molar-refractivity contribution < 1.29 is 19.6 Å². The summed E-state index contributed by atoms with van der Waals surface area (Å²) in [7, 11) is 1.34. The summed E-state index contributed by atoms with van der Waals surface area (Å²) in [6.45, 7) is 2.07. The van der Waals surface area contributed by atoms with Crippen LogP contribution in [0.1, 0.15) is 17.3 Å². The number of nitrogens with zero attached hydrogens (tertiary/aromatic N) is 1. The summed E-state index contributed by atoms with van der Waals surface area (Å²) in [6, 6.07) is 3.78. The highest BCUT2D eigenvalue weighted by Crippen LogP contribution is 2.24. The quantitative estimate of drug-likeness (QED) is 0.591. The molecule has 7 nitrogen and oxygen atoms in total. The number of carbonyl (C=O) groups excluding carboxylic acids is 1. The standard InChI is InChI=1S/C12H16N2O5/c1-8(7-15)6-13-12(16)10-4-3-9(14(17)18)5-11(10)19-2/h3-5,8,15H,6-7H2,1-2H3,(H,13,16). The SMILES string of the molecule is COc1cc([N+](=O)[O-])ccc1C(=O)NCC(C)CO. The molecule has 1 aromatic rings. The Morgan fingerprint density at radius 2 is 2.26 bits per heavy atom. The van der Waals surface area contributed by atoms with Gasteiger partial charge in [-0.05, 0) is 12.0 Å². The fourth-order valence-electron chi connectivity index (χ4n) is 1.41. The van der Waals surface area contributed by atoms with Gasteiger partial charge in [0, 0.05) is 19.2 Å². The lowest BCUT2D eigenvalue weighted by molar-refractivity contribution is -0.384. The maximum Gasteiger partial charge on any atom is 0.273 e. The summed E-state index contributed by atoms with van der Waals surface area (Å²) in [6.07, 6.45) is 0. The first kappa shape index (κ1) is 14.9. The number of nitro benzene ring substituents is 1. The normalized spacial score (nSPS) is 11.7. The number of nitrogens with one attached hydrogen (secondary N) is 1.